The predicted octanol–water partition coefficient (Wildman–Crippen LogP) is 3.07. The van der Waals surface area contributed by atoms with Crippen LogP contribution in [-0.4, -0.2) is 25.4 Å². The molecule has 0 bridgehead atoms. The standard InChI is InChI=1S/C15H18ClNO3S/c1-19-14-8-11(9-17-4-5-18)7-13(16)15(14)20-10-12-3-2-6-21-12/h2-3,6-8,17-18H,4-5,9-10H2,1H3. The fourth-order valence-corrected chi connectivity index (χ4v) is 2.77. The average Bonchev–Trinajstić information content (AvgIpc) is 2.99. The van der Waals surface area contributed by atoms with Gasteiger partial charge in [-0.1, -0.05) is 17.7 Å². The van der Waals surface area contributed by atoms with Gasteiger partial charge in [-0.15, -0.1) is 11.3 Å². The second-order valence-electron chi connectivity index (χ2n) is 4.38. The monoisotopic (exact) mass is 327 g/mol. The van der Waals surface area contributed by atoms with Crippen molar-refractivity contribution >= 4 is 22.9 Å². The van der Waals surface area contributed by atoms with Crippen LogP contribution in [0.4, 0.5) is 0 Å². The molecule has 0 unspecified atom stereocenters. The number of rotatable bonds is 8. The molecule has 0 atom stereocenters. The number of ether oxygens (including phenoxy) is 2. The Hall–Kier alpha value is -1.27. The Balaban J connectivity index is 2.09. The van der Waals surface area contributed by atoms with Crippen molar-refractivity contribution in [2.24, 2.45) is 0 Å². The van der Waals surface area contributed by atoms with Crippen LogP contribution in [0.2, 0.25) is 5.02 Å². The minimum absolute atomic E-state index is 0.104. The van der Waals surface area contributed by atoms with E-state index in [9.17, 15) is 0 Å². The van der Waals surface area contributed by atoms with E-state index in [0.717, 1.165) is 10.4 Å². The Kier molecular flexibility index (Phi) is 6.32. The second-order valence-corrected chi connectivity index (χ2v) is 5.82. The lowest BCUT2D eigenvalue weighted by molar-refractivity contribution is 0.286. The maximum atomic E-state index is 8.77. The van der Waals surface area contributed by atoms with Gasteiger partial charge in [0.1, 0.15) is 6.61 Å². The highest BCUT2D eigenvalue weighted by molar-refractivity contribution is 7.09. The van der Waals surface area contributed by atoms with Crippen LogP contribution in [0, 0.1) is 0 Å². The molecule has 4 nitrogen and oxygen atoms in total. The summed E-state index contributed by atoms with van der Waals surface area (Å²) in [6.07, 6.45) is 0. The molecule has 2 N–H and O–H groups in total. The van der Waals surface area contributed by atoms with Crippen LogP contribution >= 0.6 is 22.9 Å². The summed E-state index contributed by atoms with van der Waals surface area (Å²) in [5.74, 6) is 1.17. The van der Waals surface area contributed by atoms with Crippen LogP contribution in [0.1, 0.15) is 10.4 Å². The van der Waals surface area contributed by atoms with E-state index in [2.05, 4.69) is 5.32 Å². The summed E-state index contributed by atoms with van der Waals surface area (Å²) < 4.78 is 11.1. The third kappa shape index (κ3) is 4.61. The molecule has 114 valence electrons. The predicted molar refractivity (Wildman–Crippen MR) is 85.4 cm³/mol. The number of benzene rings is 1. The van der Waals surface area contributed by atoms with Crippen LogP contribution in [0.15, 0.2) is 29.6 Å². The number of thiophene rings is 1. The van der Waals surface area contributed by atoms with Gasteiger partial charge < -0.3 is 19.9 Å². The third-order valence-corrected chi connectivity index (χ3v) is 3.98. The molecule has 1 aromatic carbocycles. The number of methoxy groups -OCH3 is 1. The van der Waals surface area contributed by atoms with Gasteiger partial charge in [0.15, 0.2) is 11.5 Å². The summed E-state index contributed by atoms with van der Waals surface area (Å²) >= 11 is 7.92. The van der Waals surface area contributed by atoms with Crippen LogP contribution in [0.3, 0.4) is 0 Å². The molecule has 1 aromatic heterocycles. The molecule has 21 heavy (non-hydrogen) atoms. The molecule has 0 radical (unpaired) electrons. The van der Waals surface area contributed by atoms with Gasteiger partial charge in [0.2, 0.25) is 0 Å². The SMILES string of the molecule is COc1cc(CNCCO)cc(Cl)c1OCc1cccs1. The van der Waals surface area contributed by atoms with E-state index in [4.69, 9.17) is 26.2 Å². The Morgan fingerprint density at radius 2 is 2.24 bits per heavy atom. The summed E-state index contributed by atoms with van der Waals surface area (Å²) in [5.41, 5.74) is 0.980. The molecule has 2 rings (SSSR count). The normalized spacial score (nSPS) is 10.6. The van der Waals surface area contributed by atoms with Gasteiger partial charge in [-0.3, -0.25) is 0 Å². The van der Waals surface area contributed by atoms with Crippen LogP contribution in [0.25, 0.3) is 0 Å². The Morgan fingerprint density at radius 3 is 2.90 bits per heavy atom. The highest BCUT2D eigenvalue weighted by Crippen LogP contribution is 2.37. The van der Waals surface area contributed by atoms with Gasteiger partial charge in [-0.25, -0.2) is 0 Å². The number of aliphatic hydroxyl groups is 1. The lowest BCUT2D eigenvalue weighted by Crippen LogP contribution is -2.17. The smallest absolute Gasteiger partial charge is 0.180 e. The fraction of sp³-hybridized carbons (Fsp3) is 0.333. The van der Waals surface area contributed by atoms with Crippen molar-refractivity contribution in [3.63, 3.8) is 0 Å². The van der Waals surface area contributed by atoms with Gasteiger partial charge in [0.05, 0.1) is 18.7 Å². The van der Waals surface area contributed by atoms with E-state index < -0.39 is 0 Å². The Labute approximate surface area is 133 Å². The summed E-state index contributed by atoms with van der Waals surface area (Å²) in [5, 5.41) is 14.4. The zero-order valence-electron chi connectivity index (χ0n) is 11.8. The molecule has 0 aliphatic carbocycles. The van der Waals surface area contributed by atoms with Crippen LogP contribution in [0.5, 0.6) is 11.5 Å². The molecule has 0 aliphatic rings. The summed E-state index contributed by atoms with van der Waals surface area (Å²) in [7, 11) is 1.59. The molecule has 0 amide bonds. The number of hydrogen-bond acceptors (Lipinski definition) is 5. The van der Waals surface area contributed by atoms with Crippen molar-refractivity contribution in [1.82, 2.24) is 5.32 Å². The summed E-state index contributed by atoms with van der Waals surface area (Å²) in [4.78, 5) is 1.13. The van der Waals surface area contributed by atoms with Crippen molar-refractivity contribution in [3.05, 3.63) is 45.1 Å². The van der Waals surface area contributed by atoms with Gasteiger partial charge in [0, 0.05) is 18.0 Å². The lowest BCUT2D eigenvalue weighted by Gasteiger charge is -2.14. The van der Waals surface area contributed by atoms with Crippen LogP contribution < -0.4 is 14.8 Å². The number of hydrogen-bond donors (Lipinski definition) is 2. The van der Waals surface area contributed by atoms with E-state index in [1.807, 2.05) is 29.6 Å². The Bertz CT molecular complexity index is 560. The summed E-state index contributed by atoms with van der Waals surface area (Å²) in [6, 6.07) is 7.73. The van der Waals surface area contributed by atoms with E-state index in [0.29, 0.717) is 36.2 Å². The first kappa shape index (κ1) is 16.1. The molecule has 0 saturated heterocycles. The quantitative estimate of drug-likeness (QED) is 0.732. The van der Waals surface area contributed by atoms with Crippen molar-refractivity contribution in [1.29, 1.82) is 0 Å². The van der Waals surface area contributed by atoms with Crippen LogP contribution in [-0.2, 0) is 13.2 Å². The molecule has 2 aromatic rings. The number of nitrogens with one attached hydrogen (secondary N) is 1. The minimum atomic E-state index is 0.104. The topological polar surface area (TPSA) is 50.7 Å². The second kappa shape index (κ2) is 8.24. The van der Waals surface area contributed by atoms with E-state index in [1.54, 1.807) is 18.4 Å². The molecule has 1 heterocycles. The first-order valence-electron chi connectivity index (χ1n) is 6.57. The number of aliphatic hydroxyl groups excluding tert-OH is 1. The van der Waals surface area contributed by atoms with Gasteiger partial charge >= 0.3 is 0 Å². The van der Waals surface area contributed by atoms with E-state index in [1.165, 1.54) is 0 Å². The average molecular weight is 328 g/mol. The highest BCUT2D eigenvalue weighted by Gasteiger charge is 2.12. The first-order chi connectivity index (χ1) is 10.2. The van der Waals surface area contributed by atoms with Gasteiger partial charge in [-0.2, -0.15) is 0 Å². The lowest BCUT2D eigenvalue weighted by atomic mass is 10.2. The molecule has 0 aliphatic heterocycles. The van der Waals surface area contributed by atoms with Crippen molar-refractivity contribution in [3.8, 4) is 11.5 Å². The zero-order chi connectivity index (χ0) is 15.1. The zero-order valence-corrected chi connectivity index (χ0v) is 13.3. The minimum Gasteiger partial charge on any atom is -0.493 e. The summed E-state index contributed by atoms with van der Waals surface area (Å²) in [6.45, 7) is 1.72. The number of halogens is 1. The molecule has 0 saturated carbocycles. The molecular weight excluding hydrogens is 310 g/mol. The highest BCUT2D eigenvalue weighted by atomic mass is 35.5. The molecule has 0 spiro atoms. The third-order valence-electron chi connectivity index (χ3n) is 2.85. The van der Waals surface area contributed by atoms with Gasteiger partial charge in [-0.05, 0) is 29.1 Å². The largest absolute Gasteiger partial charge is 0.493 e. The molecule has 0 fully saturated rings. The van der Waals surface area contributed by atoms with Crippen molar-refractivity contribution in [2.75, 3.05) is 20.3 Å². The maximum absolute atomic E-state index is 8.77. The molecule has 6 heteroatoms. The van der Waals surface area contributed by atoms with Crippen molar-refractivity contribution < 1.29 is 14.6 Å². The van der Waals surface area contributed by atoms with Gasteiger partial charge in [0.25, 0.3) is 0 Å². The molecular formula is C15H18ClNO3S. The first-order valence-corrected chi connectivity index (χ1v) is 7.83. The van der Waals surface area contributed by atoms with E-state index in [-0.39, 0.29) is 6.61 Å². The fourth-order valence-electron chi connectivity index (χ4n) is 1.87. The van der Waals surface area contributed by atoms with Crippen molar-refractivity contribution in [2.45, 2.75) is 13.2 Å². The van der Waals surface area contributed by atoms with E-state index >= 15 is 0 Å². The Morgan fingerprint density at radius 1 is 1.38 bits per heavy atom. The maximum Gasteiger partial charge on any atom is 0.180 e.